The van der Waals surface area contributed by atoms with E-state index in [1.165, 1.54) is 0 Å². The fourth-order valence-corrected chi connectivity index (χ4v) is 4.70. The molecule has 0 N–H and O–H groups in total. The van der Waals surface area contributed by atoms with Gasteiger partial charge in [0.15, 0.2) is 0 Å². The van der Waals surface area contributed by atoms with Crippen LogP contribution in [0.1, 0.15) is 51.5 Å². The van der Waals surface area contributed by atoms with Crippen LogP contribution >= 0.6 is 0 Å². The molecule has 2 saturated carbocycles. The summed E-state index contributed by atoms with van der Waals surface area (Å²) in [5.74, 6) is 2.00. The molecular weight excluding hydrogens is 340 g/mol. The van der Waals surface area contributed by atoms with E-state index in [1.807, 2.05) is 35.0 Å². The summed E-state index contributed by atoms with van der Waals surface area (Å²) in [6.07, 6.45) is 4.58. The lowest BCUT2D eigenvalue weighted by Crippen LogP contribution is -2.52. The first-order valence-corrected chi connectivity index (χ1v) is 10.2. The van der Waals surface area contributed by atoms with Gasteiger partial charge in [-0.05, 0) is 44.1 Å². The highest BCUT2D eigenvalue weighted by Gasteiger charge is 2.47. The summed E-state index contributed by atoms with van der Waals surface area (Å²) in [6, 6.07) is 8.38. The van der Waals surface area contributed by atoms with Crippen LogP contribution in [0.4, 0.5) is 0 Å². The maximum Gasteiger partial charge on any atom is 0.226 e. The first kappa shape index (κ1) is 18.3. The number of fused-ring (bicyclic) bond motifs is 1. The molecular formula is C22H30N2O3. The number of rotatable bonds is 2. The summed E-state index contributed by atoms with van der Waals surface area (Å²) >= 11 is 0. The summed E-state index contributed by atoms with van der Waals surface area (Å²) in [6.45, 7) is 5.07. The van der Waals surface area contributed by atoms with Crippen LogP contribution in [0, 0.1) is 11.8 Å². The number of carbonyl (C=O) groups excluding carboxylic acids is 2. The van der Waals surface area contributed by atoms with E-state index < -0.39 is 0 Å². The SMILES string of the molecule is CC(=O)N(C)C1CCC2(CC1)CN(C(=O)[C@@H]1C[C@H]1C)Cc1ccccc1O2. The zero-order chi connectivity index (χ0) is 19.2. The van der Waals surface area contributed by atoms with Crippen molar-refractivity contribution in [2.24, 2.45) is 11.8 Å². The monoisotopic (exact) mass is 370 g/mol. The van der Waals surface area contributed by atoms with Crippen molar-refractivity contribution in [3.05, 3.63) is 29.8 Å². The van der Waals surface area contributed by atoms with Crippen LogP contribution in [-0.4, -0.2) is 46.8 Å². The van der Waals surface area contributed by atoms with E-state index in [0.717, 1.165) is 43.4 Å². The van der Waals surface area contributed by atoms with E-state index in [2.05, 4.69) is 13.0 Å². The van der Waals surface area contributed by atoms with Crippen LogP contribution in [0.25, 0.3) is 0 Å². The van der Waals surface area contributed by atoms with E-state index in [0.29, 0.717) is 19.0 Å². The third kappa shape index (κ3) is 3.56. The topological polar surface area (TPSA) is 49.9 Å². The first-order chi connectivity index (χ1) is 12.9. The maximum atomic E-state index is 13.0. The van der Waals surface area contributed by atoms with E-state index in [-0.39, 0.29) is 29.4 Å². The van der Waals surface area contributed by atoms with Crippen molar-refractivity contribution < 1.29 is 14.3 Å². The predicted octanol–water partition coefficient (Wildman–Crippen LogP) is 3.22. The Morgan fingerprint density at radius 3 is 2.52 bits per heavy atom. The van der Waals surface area contributed by atoms with Crippen molar-refractivity contribution >= 4 is 11.8 Å². The Morgan fingerprint density at radius 1 is 1.22 bits per heavy atom. The molecule has 0 radical (unpaired) electrons. The highest BCUT2D eigenvalue weighted by atomic mass is 16.5. The normalized spacial score (nSPS) is 32.3. The third-order valence-electron chi connectivity index (χ3n) is 6.79. The molecule has 5 heteroatoms. The Labute approximate surface area is 161 Å². The average Bonchev–Trinajstić information content (AvgIpc) is 3.41. The van der Waals surface area contributed by atoms with Crippen molar-refractivity contribution in [2.45, 2.75) is 64.1 Å². The van der Waals surface area contributed by atoms with Gasteiger partial charge in [-0.15, -0.1) is 0 Å². The van der Waals surface area contributed by atoms with Crippen molar-refractivity contribution in [3.63, 3.8) is 0 Å². The standard InChI is InChI=1S/C22H30N2O3/c1-15-12-19(15)21(26)24-13-17-6-4-5-7-20(17)27-22(14-24)10-8-18(9-11-22)23(3)16(2)25/h4-7,15,18-19H,8-14H2,1-3H3/t15-,18?,19-,22?/m1/s1. The molecule has 1 aromatic carbocycles. The van der Waals surface area contributed by atoms with Gasteiger partial charge in [-0.25, -0.2) is 0 Å². The minimum Gasteiger partial charge on any atom is -0.485 e. The van der Waals surface area contributed by atoms with Gasteiger partial charge in [-0.2, -0.15) is 0 Å². The molecule has 0 saturated heterocycles. The molecule has 3 aliphatic rings. The Kier molecular flexibility index (Phi) is 4.65. The summed E-state index contributed by atoms with van der Waals surface area (Å²) in [4.78, 5) is 28.7. The van der Waals surface area contributed by atoms with Gasteiger partial charge in [0.25, 0.3) is 0 Å². The molecule has 2 amide bonds. The smallest absolute Gasteiger partial charge is 0.226 e. The van der Waals surface area contributed by atoms with Crippen LogP contribution < -0.4 is 4.74 Å². The van der Waals surface area contributed by atoms with E-state index >= 15 is 0 Å². The zero-order valence-electron chi connectivity index (χ0n) is 16.6. The molecule has 1 spiro atoms. The largest absolute Gasteiger partial charge is 0.485 e. The number of amides is 2. The van der Waals surface area contributed by atoms with Crippen LogP contribution in [0.3, 0.4) is 0 Å². The lowest BCUT2D eigenvalue weighted by atomic mass is 9.81. The second kappa shape index (κ2) is 6.84. The molecule has 146 valence electrons. The molecule has 0 aromatic heterocycles. The average molecular weight is 370 g/mol. The zero-order valence-corrected chi connectivity index (χ0v) is 16.6. The number of nitrogens with zero attached hydrogens (tertiary/aromatic N) is 2. The quantitative estimate of drug-likeness (QED) is 0.803. The first-order valence-electron chi connectivity index (χ1n) is 10.2. The lowest BCUT2D eigenvalue weighted by molar-refractivity contribution is -0.137. The second-order valence-electron chi connectivity index (χ2n) is 8.77. The van der Waals surface area contributed by atoms with Crippen molar-refractivity contribution in [1.29, 1.82) is 0 Å². The molecule has 2 aliphatic carbocycles. The number of hydrogen-bond donors (Lipinski definition) is 0. The van der Waals surface area contributed by atoms with E-state index in [1.54, 1.807) is 6.92 Å². The molecule has 1 heterocycles. The maximum absolute atomic E-state index is 13.0. The van der Waals surface area contributed by atoms with Crippen LogP contribution in [0.2, 0.25) is 0 Å². The van der Waals surface area contributed by atoms with Crippen LogP contribution in [0.15, 0.2) is 24.3 Å². The summed E-state index contributed by atoms with van der Waals surface area (Å²) in [5, 5.41) is 0. The number of benzene rings is 1. The molecule has 2 atom stereocenters. The predicted molar refractivity (Wildman–Crippen MR) is 103 cm³/mol. The van der Waals surface area contributed by atoms with Gasteiger partial charge in [-0.1, -0.05) is 25.1 Å². The minimum absolute atomic E-state index is 0.114. The number of para-hydroxylation sites is 1. The Balaban J connectivity index is 1.57. The van der Waals surface area contributed by atoms with Crippen molar-refractivity contribution in [3.8, 4) is 5.75 Å². The highest BCUT2D eigenvalue weighted by Crippen LogP contribution is 2.43. The molecule has 2 fully saturated rings. The summed E-state index contributed by atoms with van der Waals surface area (Å²) < 4.78 is 6.58. The fraction of sp³-hybridized carbons (Fsp3) is 0.636. The van der Waals surface area contributed by atoms with Gasteiger partial charge in [0.05, 0.1) is 6.54 Å². The summed E-state index contributed by atoms with van der Waals surface area (Å²) in [7, 11) is 1.89. The van der Waals surface area contributed by atoms with Crippen LogP contribution in [-0.2, 0) is 16.1 Å². The van der Waals surface area contributed by atoms with Gasteiger partial charge in [0.2, 0.25) is 11.8 Å². The van der Waals surface area contributed by atoms with Crippen LogP contribution in [0.5, 0.6) is 5.75 Å². The van der Waals surface area contributed by atoms with Gasteiger partial charge in [0, 0.05) is 38.0 Å². The van der Waals surface area contributed by atoms with E-state index in [9.17, 15) is 9.59 Å². The van der Waals surface area contributed by atoms with Crippen molar-refractivity contribution in [1.82, 2.24) is 9.80 Å². The molecule has 1 aromatic rings. The molecule has 0 bridgehead atoms. The van der Waals surface area contributed by atoms with Gasteiger partial charge in [-0.3, -0.25) is 9.59 Å². The molecule has 5 nitrogen and oxygen atoms in total. The van der Waals surface area contributed by atoms with E-state index in [4.69, 9.17) is 4.74 Å². The third-order valence-corrected chi connectivity index (χ3v) is 6.79. The number of ether oxygens (including phenoxy) is 1. The van der Waals surface area contributed by atoms with Gasteiger partial charge < -0.3 is 14.5 Å². The Morgan fingerprint density at radius 2 is 1.89 bits per heavy atom. The minimum atomic E-state index is -0.339. The van der Waals surface area contributed by atoms with Gasteiger partial charge in [0.1, 0.15) is 11.4 Å². The molecule has 4 rings (SSSR count). The number of hydrogen-bond acceptors (Lipinski definition) is 3. The number of carbonyl (C=O) groups is 2. The highest BCUT2D eigenvalue weighted by molar-refractivity contribution is 5.82. The molecule has 0 unspecified atom stereocenters. The fourth-order valence-electron chi connectivity index (χ4n) is 4.70. The second-order valence-corrected chi connectivity index (χ2v) is 8.77. The molecule has 27 heavy (non-hydrogen) atoms. The molecule has 1 aliphatic heterocycles. The summed E-state index contributed by atoms with van der Waals surface area (Å²) in [5.41, 5.74) is 0.758. The lowest BCUT2D eigenvalue weighted by Gasteiger charge is -2.43. The Bertz CT molecular complexity index is 739. The Hall–Kier alpha value is -2.04. The van der Waals surface area contributed by atoms with Crippen molar-refractivity contribution in [2.75, 3.05) is 13.6 Å². The van der Waals surface area contributed by atoms with Gasteiger partial charge >= 0.3 is 0 Å².